The molecule has 9 heteroatoms. The second-order valence-electron chi connectivity index (χ2n) is 7.44. The van der Waals surface area contributed by atoms with Gasteiger partial charge < -0.3 is 38.8 Å². The van der Waals surface area contributed by atoms with Gasteiger partial charge in [-0.15, -0.1) is 0 Å². The highest BCUT2D eigenvalue weighted by Crippen LogP contribution is 2.43. The van der Waals surface area contributed by atoms with Gasteiger partial charge in [-0.25, -0.2) is 0 Å². The molecule has 0 fully saturated rings. The number of aliphatic hydroxyl groups is 1. The van der Waals surface area contributed by atoms with Gasteiger partial charge in [-0.05, 0) is 24.3 Å². The molecule has 3 aromatic rings. The first-order valence-corrected chi connectivity index (χ1v) is 11.1. The molecule has 188 valence electrons. The summed E-state index contributed by atoms with van der Waals surface area (Å²) in [7, 11) is 7.78. The molecule has 3 aromatic carbocycles. The summed E-state index contributed by atoms with van der Waals surface area (Å²) in [5, 5.41) is 15.2. The Morgan fingerprint density at radius 1 is 0.829 bits per heavy atom. The Morgan fingerprint density at radius 2 is 1.60 bits per heavy atom. The van der Waals surface area contributed by atoms with Crippen molar-refractivity contribution in [2.24, 2.45) is 0 Å². The van der Waals surface area contributed by atoms with E-state index in [0.717, 1.165) is 5.56 Å². The molecule has 0 heterocycles. The van der Waals surface area contributed by atoms with Gasteiger partial charge in [-0.3, -0.25) is 0 Å². The van der Waals surface area contributed by atoms with E-state index in [0.29, 0.717) is 57.1 Å². The van der Waals surface area contributed by atoms with Gasteiger partial charge in [0.1, 0.15) is 23.4 Å². The van der Waals surface area contributed by atoms with Crippen molar-refractivity contribution >= 4 is 17.3 Å². The number of benzene rings is 3. The predicted molar refractivity (Wildman–Crippen MR) is 134 cm³/mol. The average Bonchev–Trinajstić information content (AvgIpc) is 2.89. The minimum atomic E-state index is -1.11. The number of ether oxygens (including phenoxy) is 6. The molecule has 3 rings (SSSR count). The summed E-state index contributed by atoms with van der Waals surface area (Å²) in [5.41, 5.74) is 2.42. The van der Waals surface area contributed by atoms with Gasteiger partial charge in [0.25, 0.3) is 0 Å². The SMILES string of the molecule is COCOc1cc(Cl)cc(C(O)c2cccc(OC)c2OC)c1NCc1ccc(OC)cc1OC. The Labute approximate surface area is 210 Å². The van der Waals surface area contributed by atoms with Crippen LogP contribution in [0.1, 0.15) is 22.8 Å². The van der Waals surface area contributed by atoms with Crippen molar-refractivity contribution in [1.29, 1.82) is 0 Å². The van der Waals surface area contributed by atoms with Gasteiger partial charge >= 0.3 is 0 Å². The predicted octanol–water partition coefficient (Wildman–Crippen LogP) is 5.05. The number of anilines is 1. The van der Waals surface area contributed by atoms with Crippen LogP contribution in [0.15, 0.2) is 48.5 Å². The Kier molecular flexibility index (Phi) is 9.31. The Hall–Kier alpha value is -3.33. The fourth-order valence-corrected chi connectivity index (χ4v) is 3.94. The van der Waals surface area contributed by atoms with Gasteiger partial charge in [0, 0.05) is 47.5 Å². The Bertz CT molecular complexity index is 1140. The van der Waals surface area contributed by atoms with E-state index in [1.165, 1.54) is 14.2 Å². The van der Waals surface area contributed by atoms with Gasteiger partial charge in [-0.1, -0.05) is 23.7 Å². The molecule has 0 amide bonds. The molecule has 1 unspecified atom stereocenters. The molecular formula is C26H30ClNO7. The van der Waals surface area contributed by atoms with E-state index in [4.69, 9.17) is 40.0 Å². The third kappa shape index (κ3) is 6.03. The Balaban J connectivity index is 2.07. The molecule has 35 heavy (non-hydrogen) atoms. The third-order valence-electron chi connectivity index (χ3n) is 5.40. The molecule has 2 N–H and O–H groups in total. The first-order chi connectivity index (χ1) is 17.0. The normalized spacial score (nSPS) is 11.5. The van der Waals surface area contributed by atoms with Crippen molar-refractivity contribution < 1.29 is 33.5 Å². The summed E-state index contributed by atoms with van der Waals surface area (Å²) in [6.45, 7) is 0.367. The third-order valence-corrected chi connectivity index (χ3v) is 5.62. The lowest BCUT2D eigenvalue weighted by Crippen LogP contribution is -2.12. The van der Waals surface area contributed by atoms with Crippen LogP contribution in [0.5, 0.6) is 28.7 Å². The van der Waals surface area contributed by atoms with Crippen LogP contribution in [0.4, 0.5) is 5.69 Å². The second kappa shape index (κ2) is 12.4. The molecular weight excluding hydrogens is 474 g/mol. The van der Waals surface area contributed by atoms with E-state index < -0.39 is 6.10 Å². The monoisotopic (exact) mass is 503 g/mol. The molecule has 0 aliphatic carbocycles. The number of para-hydroxylation sites is 1. The zero-order valence-corrected chi connectivity index (χ0v) is 21.1. The Morgan fingerprint density at radius 3 is 2.26 bits per heavy atom. The molecule has 0 radical (unpaired) electrons. The van der Waals surface area contributed by atoms with E-state index >= 15 is 0 Å². The van der Waals surface area contributed by atoms with Crippen molar-refractivity contribution in [2.45, 2.75) is 12.6 Å². The van der Waals surface area contributed by atoms with Gasteiger partial charge in [0.05, 0.1) is 34.1 Å². The molecule has 0 spiro atoms. The molecule has 0 saturated heterocycles. The van der Waals surface area contributed by atoms with Crippen LogP contribution in [-0.2, 0) is 11.3 Å². The van der Waals surface area contributed by atoms with Crippen LogP contribution in [-0.4, -0.2) is 47.4 Å². The highest BCUT2D eigenvalue weighted by atomic mass is 35.5. The van der Waals surface area contributed by atoms with Crippen molar-refractivity contribution in [3.63, 3.8) is 0 Å². The molecule has 0 bridgehead atoms. The smallest absolute Gasteiger partial charge is 0.188 e. The number of hydrogen-bond acceptors (Lipinski definition) is 8. The number of rotatable bonds is 12. The molecule has 0 aliphatic rings. The lowest BCUT2D eigenvalue weighted by molar-refractivity contribution is 0.0514. The number of aliphatic hydroxyl groups excluding tert-OH is 1. The van der Waals surface area contributed by atoms with Gasteiger partial charge in [0.15, 0.2) is 18.3 Å². The van der Waals surface area contributed by atoms with Crippen LogP contribution < -0.4 is 29.0 Å². The van der Waals surface area contributed by atoms with Gasteiger partial charge in [-0.2, -0.15) is 0 Å². The van der Waals surface area contributed by atoms with Crippen LogP contribution >= 0.6 is 11.6 Å². The summed E-state index contributed by atoms with van der Waals surface area (Å²) in [6, 6.07) is 14.2. The molecule has 1 atom stereocenters. The van der Waals surface area contributed by atoms with Gasteiger partial charge in [0.2, 0.25) is 0 Å². The minimum absolute atomic E-state index is 0.00110. The van der Waals surface area contributed by atoms with E-state index in [1.54, 1.807) is 57.7 Å². The zero-order chi connectivity index (χ0) is 25.4. The lowest BCUT2D eigenvalue weighted by Gasteiger charge is -2.23. The number of halogens is 1. The minimum Gasteiger partial charge on any atom is -0.497 e. The summed E-state index contributed by atoms with van der Waals surface area (Å²) in [5.74, 6) is 2.68. The van der Waals surface area contributed by atoms with E-state index in [2.05, 4.69) is 5.32 Å². The molecule has 8 nitrogen and oxygen atoms in total. The summed E-state index contributed by atoms with van der Waals surface area (Å²) >= 11 is 6.41. The first-order valence-electron chi connectivity index (χ1n) is 10.8. The highest BCUT2D eigenvalue weighted by molar-refractivity contribution is 6.31. The summed E-state index contributed by atoms with van der Waals surface area (Å²) in [4.78, 5) is 0. The highest BCUT2D eigenvalue weighted by Gasteiger charge is 2.24. The maximum atomic E-state index is 11.5. The maximum absolute atomic E-state index is 11.5. The van der Waals surface area contributed by atoms with Crippen LogP contribution in [0.25, 0.3) is 0 Å². The van der Waals surface area contributed by atoms with Crippen molar-refractivity contribution in [3.8, 4) is 28.7 Å². The quantitative estimate of drug-likeness (QED) is 0.332. The average molecular weight is 504 g/mol. The largest absolute Gasteiger partial charge is 0.497 e. The van der Waals surface area contributed by atoms with E-state index in [1.807, 2.05) is 12.1 Å². The van der Waals surface area contributed by atoms with E-state index in [-0.39, 0.29) is 6.79 Å². The van der Waals surface area contributed by atoms with Crippen molar-refractivity contribution in [3.05, 3.63) is 70.2 Å². The van der Waals surface area contributed by atoms with Crippen molar-refractivity contribution in [2.75, 3.05) is 47.7 Å². The number of hydrogen-bond donors (Lipinski definition) is 2. The standard InChI is InChI=1S/C26H30ClNO7/c1-30-15-35-23-12-17(27)11-20(25(29)19-7-6-8-21(32-3)26(19)34-5)24(23)28-14-16-9-10-18(31-2)13-22(16)33-4/h6-13,25,28-29H,14-15H2,1-5H3. The zero-order valence-electron chi connectivity index (χ0n) is 20.4. The number of methoxy groups -OCH3 is 5. The van der Waals surface area contributed by atoms with Crippen LogP contribution in [0.2, 0.25) is 5.02 Å². The topological polar surface area (TPSA) is 87.6 Å². The molecule has 0 aliphatic heterocycles. The molecule has 0 saturated carbocycles. The first kappa shape index (κ1) is 26.3. The second-order valence-corrected chi connectivity index (χ2v) is 7.87. The maximum Gasteiger partial charge on any atom is 0.188 e. The van der Waals surface area contributed by atoms with E-state index in [9.17, 15) is 5.11 Å². The fraction of sp³-hybridized carbons (Fsp3) is 0.308. The van der Waals surface area contributed by atoms with Crippen LogP contribution in [0, 0.1) is 0 Å². The summed E-state index contributed by atoms with van der Waals surface area (Å²) in [6.07, 6.45) is -1.11. The lowest BCUT2D eigenvalue weighted by atomic mass is 9.97. The van der Waals surface area contributed by atoms with Crippen LogP contribution in [0.3, 0.4) is 0 Å². The van der Waals surface area contributed by atoms with Crippen molar-refractivity contribution in [1.82, 2.24) is 0 Å². The fourth-order valence-electron chi connectivity index (χ4n) is 3.72. The number of nitrogens with one attached hydrogen (secondary N) is 1. The molecule has 0 aromatic heterocycles. The summed E-state index contributed by atoms with van der Waals surface area (Å²) < 4.78 is 32.6.